The molecule has 1 rings (SSSR count). The molecule has 1 aromatic rings. The fraction of sp³-hybridized carbons (Fsp3) is 0.462. The fourth-order valence-electron chi connectivity index (χ4n) is 1.53. The van der Waals surface area contributed by atoms with Gasteiger partial charge < -0.3 is 20.3 Å². The topological polar surface area (TPSA) is 36.5 Å². The van der Waals surface area contributed by atoms with Gasteiger partial charge in [-0.1, -0.05) is 0 Å². The number of ether oxygens (including phenoxy) is 1. The maximum absolute atomic E-state index is 5.22. The third-order valence-electron chi connectivity index (χ3n) is 2.44. The fourth-order valence-corrected chi connectivity index (χ4v) is 1.84. The van der Waals surface area contributed by atoms with Crippen LogP contribution >= 0.6 is 12.2 Å². The number of anilines is 2. The zero-order valence-corrected chi connectivity index (χ0v) is 12.2. The average molecular weight is 267 g/mol. The van der Waals surface area contributed by atoms with E-state index in [1.165, 1.54) is 0 Å². The smallest absolute Gasteiger partial charge is 0.171 e. The van der Waals surface area contributed by atoms with E-state index >= 15 is 0 Å². The molecule has 0 aliphatic rings. The summed E-state index contributed by atoms with van der Waals surface area (Å²) in [5, 5.41) is 6.90. The van der Waals surface area contributed by atoms with E-state index in [1.54, 1.807) is 7.11 Å². The van der Waals surface area contributed by atoms with Gasteiger partial charge in [0.25, 0.3) is 0 Å². The lowest BCUT2D eigenvalue weighted by Crippen LogP contribution is -2.38. The van der Waals surface area contributed by atoms with Crippen molar-refractivity contribution >= 4 is 28.7 Å². The minimum absolute atomic E-state index is 0.191. The number of rotatable bonds is 5. The molecule has 0 aliphatic heterocycles. The first-order valence-electron chi connectivity index (χ1n) is 5.86. The highest BCUT2D eigenvalue weighted by molar-refractivity contribution is 7.80. The Morgan fingerprint density at radius 2 is 1.94 bits per heavy atom. The van der Waals surface area contributed by atoms with Crippen molar-refractivity contribution in [2.24, 2.45) is 0 Å². The summed E-state index contributed by atoms with van der Waals surface area (Å²) >= 11 is 5.22. The molecule has 1 atom stereocenters. The van der Waals surface area contributed by atoms with Crippen molar-refractivity contribution in [3.05, 3.63) is 24.3 Å². The molecule has 1 aromatic carbocycles. The summed E-state index contributed by atoms with van der Waals surface area (Å²) in [4.78, 5) is 2.06. The molecule has 0 saturated heterocycles. The maximum Gasteiger partial charge on any atom is 0.171 e. The van der Waals surface area contributed by atoms with E-state index in [1.807, 2.05) is 45.3 Å². The summed E-state index contributed by atoms with van der Waals surface area (Å²) in [7, 11) is 5.71. The summed E-state index contributed by atoms with van der Waals surface area (Å²) in [6, 6.07) is 8.29. The average Bonchev–Trinajstić information content (AvgIpc) is 2.29. The third kappa shape index (κ3) is 4.89. The molecule has 0 spiro atoms. The number of hydrogen-bond donors (Lipinski definition) is 2. The van der Waals surface area contributed by atoms with E-state index in [2.05, 4.69) is 15.5 Å². The van der Waals surface area contributed by atoms with Crippen LogP contribution in [0.2, 0.25) is 0 Å². The molecule has 0 bridgehead atoms. The minimum atomic E-state index is 0.191. The first-order valence-corrected chi connectivity index (χ1v) is 6.27. The Hall–Kier alpha value is -1.33. The summed E-state index contributed by atoms with van der Waals surface area (Å²) < 4.78 is 5.04. The van der Waals surface area contributed by atoms with E-state index < -0.39 is 0 Å². The molecule has 1 unspecified atom stereocenters. The Kier molecular flexibility index (Phi) is 5.88. The van der Waals surface area contributed by atoms with Gasteiger partial charge in [0.2, 0.25) is 0 Å². The van der Waals surface area contributed by atoms with Crippen molar-refractivity contribution in [2.75, 3.05) is 38.0 Å². The third-order valence-corrected chi connectivity index (χ3v) is 2.66. The molecule has 5 heteroatoms. The number of nitrogens with one attached hydrogen (secondary N) is 2. The normalized spacial score (nSPS) is 11.8. The van der Waals surface area contributed by atoms with Crippen LogP contribution in [0, 0.1) is 0 Å². The summed E-state index contributed by atoms with van der Waals surface area (Å²) in [5.41, 5.74) is 2.13. The van der Waals surface area contributed by atoms with Crippen LogP contribution in [-0.2, 0) is 4.74 Å². The Morgan fingerprint density at radius 3 is 2.44 bits per heavy atom. The highest BCUT2D eigenvalue weighted by Crippen LogP contribution is 2.15. The van der Waals surface area contributed by atoms with Crippen molar-refractivity contribution in [2.45, 2.75) is 13.0 Å². The molecule has 0 fully saturated rings. The Labute approximate surface area is 114 Å². The molecule has 100 valence electrons. The Morgan fingerprint density at radius 1 is 1.33 bits per heavy atom. The van der Waals surface area contributed by atoms with Gasteiger partial charge in [-0.05, 0) is 43.4 Å². The van der Waals surface area contributed by atoms with Gasteiger partial charge in [-0.25, -0.2) is 0 Å². The van der Waals surface area contributed by atoms with Crippen LogP contribution in [-0.4, -0.2) is 39.0 Å². The highest BCUT2D eigenvalue weighted by atomic mass is 32.1. The van der Waals surface area contributed by atoms with E-state index in [4.69, 9.17) is 17.0 Å². The number of nitrogens with zero attached hydrogens (tertiary/aromatic N) is 1. The first-order chi connectivity index (χ1) is 8.52. The van der Waals surface area contributed by atoms with Gasteiger partial charge in [-0.15, -0.1) is 0 Å². The second kappa shape index (κ2) is 7.18. The largest absolute Gasteiger partial charge is 0.383 e. The van der Waals surface area contributed by atoms with Crippen LogP contribution in [0.1, 0.15) is 6.92 Å². The second-order valence-corrected chi connectivity index (χ2v) is 4.80. The van der Waals surface area contributed by atoms with Crippen molar-refractivity contribution in [3.63, 3.8) is 0 Å². The van der Waals surface area contributed by atoms with Crippen molar-refractivity contribution in [3.8, 4) is 0 Å². The van der Waals surface area contributed by atoms with Crippen LogP contribution in [0.3, 0.4) is 0 Å². The van der Waals surface area contributed by atoms with Crippen molar-refractivity contribution in [1.82, 2.24) is 5.32 Å². The molecule has 18 heavy (non-hydrogen) atoms. The maximum atomic E-state index is 5.22. The molecule has 0 radical (unpaired) electrons. The number of methoxy groups -OCH3 is 1. The van der Waals surface area contributed by atoms with E-state index in [-0.39, 0.29) is 6.04 Å². The summed E-state index contributed by atoms with van der Waals surface area (Å²) in [6.07, 6.45) is 0. The van der Waals surface area contributed by atoms with Crippen molar-refractivity contribution in [1.29, 1.82) is 0 Å². The molecule has 4 nitrogen and oxygen atoms in total. The molecular weight excluding hydrogens is 246 g/mol. The van der Waals surface area contributed by atoms with Gasteiger partial charge >= 0.3 is 0 Å². The zero-order chi connectivity index (χ0) is 13.5. The first kappa shape index (κ1) is 14.7. The predicted molar refractivity (Wildman–Crippen MR) is 81.5 cm³/mol. The molecule has 2 N–H and O–H groups in total. The standard InChI is InChI=1S/C13H21N3OS/c1-10(9-17-4)14-13(18)15-11-5-7-12(8-6-11)16(2)3/h5-8,10H,9H2,1-4H3,(H2,14,15,18). The minimum Gasteiger partial charge on any atom is -0.383 e. The summed E-state index contributed by atoms with van der Waals surface area (Å²) in [5.74, 6) is 0. The van der Waals surface area contributed by atoms with E-state index in [0.29, 0.717) is 11.7 Å². The SMILES string of the molecule is COCC(C)NC(=S)Nc1ccc(N(C)C)cc1. The second-order valence-electron chi connectivity index (χ2n) is 4.40. The quantitative estimate of drug-likeness (QED) is 0.799. The molecule has 0 saturated carbocycles. The van der Waals surface area contributed by atoms with Gasteiger partial charge in [0.15, 0.2) is 5.11 Å². The van der Waals surface area contributed by atoms with Gasteiger partial charge in [0, 0.05) is 38.6 Å². The van der Waals surface area contributed by atoms with Gasteiger partial charge in [-0.3, -0.25) is 0 Å². The molecule has 0 aromatic heterocycles. The van der Waals surface area contributed by atoms with Crippen LogP contribution in [0.15, 0.2) is 24.3 Å². The lowest BCUT2D eigenvalue weighted by molar-refractivity contribution is 0.179. The number of thiocarbonyl (C=S) groups is 1. The lowest BCUT2D eigenvalue weighted by atomic mass is 10.2. The molecular formula is C13H21N3OS. The van der Waals surface area contributed by atoms with Crippen LogP contribution in [0.4, 0.5) is 11.4 Å². The summed E-state index contributed by atoms with van der Waals surface area (Å²) in [6.45, 7) is 2.65. The Bertz CT molecular complexity index is 378. The Balaban J connectivity index is 2.49. The predicted octanol–water partition coefficient (Wildman–Crippen LogP) is 2.07. The zero-order valence-electron chi connectivity index (χ0n) is 11.4. The van der Waals surface area contributed by atoms with E-state index in [0.717, 1.165) is 11.4 Å². The van der Waals surface area contributed by atoms with Gasteiger partial charge in [-0.2, -0.15) is 0 Å². The van der Waals surface area contributed by atoms with Crippen LogP contribution in [0.25, 0.3) is 0 Å². The molecule has 0 heterocycles. The monoisotopic (exact) mass is 267 g/mol. The molecule has 0 aliphatic carbocycles. The van der Waals surface area contributed by atoms with Gasteiger partial charge in [0.1, 0.15) is 0 Å². The highest BCUT2D eigenvalue weighted by Gasteiger charge is 2.03. The van der Waals surface area contributed by atoms with Crippen molar-refractivity contribution < 1.29 is 4.74 Å². The van der Waals surface area contributed by atoms with Gasteiger partial charge in [0.05, 0.1) is 6.61 Å². The van der Waals surface area contributed by atoms with E-state index in [9.17, 15) is 0 Å². The lowest BCUT2D eigenvalue weighted by Gasteiger charge is -2.17. The van der Waals surface area contributed by atoms with Crippen LogP contribution in [0.5, 0.6) is 0 Å². The number of hydrogen-bond acceptors (Lipinski definition) is 3. The molecule has 0 amide bonds. The van der Waals surface area contributed by atoms with Crippen LogP contribution < -0.4 is 15.5 Å². The number of benzene rings is 1.